The zero-order chi connectivity index (χ0) is 16.1. The van der Waals surface area contributed by atoms with Crippen LogP contribution in [0.2, 0.25) is 0 Å². The highest BCUT2D eigenvalue weighted by atomic mass is 127. The van der Waals surface area contributed by atoms with Crippen LogP contribution in [-0.2, 0) is 4.79 Å². The van der Waals surface area contributed by atoms with Gasteiger partial charge >= 0.3 is 0 Å². The third-order valence-electron chi connectivity index (χ3n) is 2.85. The number of hydrogen-bond donors (Lipinski definition) is 1. The highest BCUT2D eigenvalue weighted by Crippen LogP contribution is 2.22. The fraction of sp³-hybridized carbons (Fsp3) is 0.0625. The van der Waals surface area contributed by atoms with Gasteiger partial charge in [-0.1, -0.05) is 36.0 Å². The number of amides is 1. The molecule has 7 heteroatoms. The van der Waals surface area contributed by atoms with Crippen LogP contribution in [0.5, 0.6) is 0 Å². The van der Waals surface area contributed by atoms with Gasteiger partial charge in [0.2, 0.25) is 0 Å². The molecule has 2 aromatic carbocycles. The Balaban J connectivity index is 1.51. The molecular weight excluding hydrogens is 425 g/mol. The first kappa shape index (κ1) is 16.0. The summed E-state index contributed by atoms with van der Waals surface area (Å²) >= 11 is 3.46. The molecule has 1 heterocycles. The van der Waals surface area contributed by atoms with Gasteiger partial charge in [-0.15, -0.1) is 0 Å². The second-order valence-corrected chi connectivity index (χ2v) is 6.76. The number of hydrogen-bond acceptors (Lipinski definition) is 5. The van der Waals surface area contributed by atoms with Gasteiger partial charge in [0.1, 0.15) is 5.52 Å². The van der Waals surface area contributed by atoms with Crippen molar-refractivity contribution >= 4 is 57.6 Å². The molecule has 0 spiro atoms. The Labute approximate surface area is 150 Å². The molecule has 0 fully saturated rings. The minimum atomic E-state index is -0.209. The lowest BCUT2D eigenvalue weighted by Gasteiger charge is -1.97. The van der Waals surface area contributed by atoms with Crippen molar-refractivity contribution in [2.45, 2.75) is 5.22 Å². The lowest BCUT2D eigenvalue weighted by Crippen LogP contribution is -2.19. The molecule has 0 radical (unpaired) electrons. The number of halogens is 1. The van der Waals surface area contributed by atoms with E-state index in [9.17, 15) is 4.79 Å². The Morgan fingerprint density at radius 1 is 1.30 bits per heavy atom. The first-order valence-corrected chi connectivity index (χ1v) is 8.83. The van der Waals surface area contributed by atoms with E-state index in [1.807, 2.05) is 48.5 Å². The molecule has 5 nitrogen and oxygen atoms in total. The number of carbonyl (C=O) groups is 1. The maximum absolute atomic E-state index is 11.8. The van der Waals surface area contributed by atoms with Crippen LogP contribution in [0, 0.1) is 3.57 Å². The van der Waals surface area contributed by atoms with E-state index in [4.69, 9.17) is 4.42 Å². The Morgan fingerprint density at radius 2 is 2.17 bits per heavy atom. The van der Waals surface area contributed by atoms with E-state index in [2.05, 4.69) is 38.1 Å². The monoisotopic (exact) mass is 437 g/mol. The fourth-order valence-corrected chi connectivity index (χ4v) is 3.04. The highest BCUT2D eigenvalue weighted by molar-refractivity contribution is 14.1. The Hall–Kier alpha value is -1.87. The molecule has 0 aliphatic rings. The number of rotatable bonds is 5. The van der Waals surface area contributed by atoms with Crippen molar-refractivity contribution in [3.8, 4) is 0 Å². The molecular formula is C16H12IN3O2S. The minimum absolute atomic E-state index is 0.191. The molecule has 1 N–H and O–H groups in total. The molecule has 0 aliphatic heterocycles. The van der Waals surface area contributed by atoms with Crippen molar-refractivity contribution in [3.05, 3.63) is 57.7 Å². The second kappa shape index (κ2) is 7.60. The van der Waals surface area contributed by atoms with Gasteiger partial charge in [0.15, 0.2) is 5.58 Å². The normalized spacial score (nSPS) is 11.2. The van der Waals surface area contributed by atoms with Gasteiger partial charge < -0.3 is 4.42 Å². The number of oxazole rings is 1. The zero-order valence-corrected chi connectivity index (χ0v) is 14.9. The van der Waals surface area contributed by atoms with E-state index in [0.717, 1.165) is 14.7 Å². The van der Waals surface area contributed by atoms with E-state index in [1.165, 1.54) is 11.8 Å². The van der Waals surface area contributed by atoms with Crippen LogP contribution in [0.25, 0.3) is 11.1 Å². The quantitative estimate of drug-likeness (QED) is 0.286. The molecule has 0 saturated heterocycles. The summed E-state index contributed by atoms with van der Waals surface area (Å²) < 4.78 is 6.65. The van der Waals surface area contributed by atoms with Gasteiger partial charge in [0.05, 0.1) is 12.0 Å². The van der Waals surface area contributed by atoms with Gasteiger partial charge in [-0.25, -0.2) is 10.4 Å². The van der Waals surface area contributed by atoms with Gasteiger partial charge in [-0.05, 0) is 52.4 Å². The Morgan fingerprint density at radius 3 is 3.00 bits per heavy atom. The van der Waals surface area contributed by atoms with Gasteiger partial charge in [0, 0.05) is 3.57 Å². The van der Waals surface area contributed by atoms with E-state index >= 15 is 0 Å². The van der Waals surface area contributed by atoms with Crippen LogP contribution in [0.1, 0.15) is 5.56 Å². The predicted octanol–water partition coefficient (Wildman–Crippen LogP) is 3.67. The summed E-state index contributed by atoms with van der Waals surface area (Å²) in [5.41, 5.74) is 4.93. The average molecular weight is 437 g/mol. The van der Waals surface area contributed by atoms with Crippen LogP contribution >= 0.6 is 34.4 Å². The van der Waals surface area contributed by atoms with E-state index < -0.39 is 0 Å². The summed E-state index contributed by atoms with van der Waals surface area (Å²) in [5, 5.41) is 4.42. The lowest BCUT2D eigenvalue weighted by atomic mass is 10.2. The molecule has 0 saturated carbocycles. The van der Waals surface area contributed by atoms with Crippen molar-refractivity contribution in [2.75, 3.05) is 5.75 Å². The van der Waals surface area contributed by atoms with Crippen molar-refractivity contribution in [1.82, 2.24) is 10.4 Å². The number of benzene rings is 2. The number of nitrogens with zero attached hydrogens (tertiary/aromatic N) is 2. The zero-order valence-electron chi connectivity index (χ0n) is 11.9. The summed E-state index contributed by atoms with van der Waals surface area (Å²) in [6.07, 6.45) is 1.62. The van der Waals surface area contributed by atoms with Crippen molar-refractivity contribution in [1.29, 1.82) is 0 Å². The molecule has 116 valence electrons. The fourth-order valence-electron chi connectivity index (χ4n) is 1.84. The van der Waals surface area contributed by atoms with Crippen molar-refractivity contribution in [2.24, 2.45) is 5.10 Å². The molecule has 0 atom stereocenters. The number of para-hydroxylation sites is 2. The summed E-state index contributed by atoms with van der Waals surface area (Å²) in [5.74, 6) is -0.0182. The SMILES string of the molecule is O=C(CSc1nc2ccccc2o1)N/N=C\c1cccc(I)c1. The number of carbonyl (C=O) groups excluding carboxylic acids is 1. The van der Waals surface area contributed by atoms with Gasteiger partial charge in [-0.2, -0.15) is 5.10 Å². The van der Waals surface area contributed by atoms with Gasteiger partial charge in [-0.3, -0.25) is 4.79 Å². The molecule has 0 unspecified atom stereocenters. The van der Waals surface area contributed by atoms with Crippen LogP contribution in [0.3, 0.4) is 0 Å². The molecule has 0 aliphatic carbocycles. The minimum Gasteiger partial charge on any atom is -0.431 e. The van der Waals surface area contributed by atoms with Crippen molar-refractivity contribution in [3.63, 3.8) is 0 Å². The van der Waals surface area contributed by atoms with E-state index in [0.29, 0.717) is 10.8 Å². The molecule has 0 bridgehead atoms. The first-order chi connectivity index (χ1) is 11.2. The molecule has 1 aromatic heterocycles. The summed E-state index contributed by atoms with van der Waals surface area (Å²) in [6, 6.07) is 15.3. The first-order valence-electron chi connectivity index (χ1n) is 6.76. The Bertz CT molecular complexity index is 830. The van der Waals surface area contributed by atoms with Crippen LogP contribution < -0.4 is 5.43 Å². The summed E-state index contributed by atoms with van der Waals surface area (Å²) in [6.45, 7) is 0. The van der Waals surface area contributed by atoms with Crippen molar-refractivity contribution < 1.29 is 9.21 Å². The molecule has 23 heavy (non-hydrogen) atoms. The topological polar surface area (TPSA) is 67.5 Å². The number of aromatic nitrogens is 1. The maximum Gasteiger partial charge on any atom is 0.257 e. The van der Waals surface area contributed by atoms with Crippen LogP contribution in [0.15, 0.2) is 63.3 Å². The summed E-state index contributed by atoms with van der Waals surface area (Å²) in [7, 11) is 0. The summed E-state index contributed by atoms with van der Waals surface area (Å²) in [4.78, 5) is 16.1. The predicted molar refractivity (Wildman–Crippen MR) is 99.6 cm³/mol. The molecule has 1 amide bonds. The number of nitrogens with one attached hydrogen (secondary N) is 1. The number of fused-ring (bicyclic) bond motifs is 1. The maximum atomic E-state index is 11.8. The largest absolute Gasteiger partial charge is 0.431 e. The Kier molecular flexibility index (Phi) is 5.29. The van der Waals surface area contributed by atoms with E-state index in [-0.39, 0.29) is 11.7 Å². The van der Waals surface area contributed by atoms with E-state index in [1.54, 1.807) is 6.21 Å². The standard InChI is InChI=1S/C16H12IN3O2S/c17-12-5-3-4-11(8-12)9-18-20-15(21)10-23-16-19-13-6-1-2-7-14(13)22-16/h1-9H,10H2,(H,20,21)/b18-9-. The van der Waals surface area contributed by atoms with Crippen LogP contribution in [0.4, 0.5) is 0 Å². The molecule has 3 rings (SSSR count). The van der Waals surface area contributed by atoms with Crippen LogP contribution in [-0.4, -0.2) is 22.9 Å². The smallest absolute Gasteiger partial charge is 0.257 e. The third kappa shape index (κ3) is 4.55. The average Bonchev–Trinajstić information content (AvgIpc) is 2.96. The van der Waals surface area contributed by atoms with Gasteiger partial charge in [0.25, 0.3) is 11.1 Å². The highest BCUT2D eigenvalue weighted by Gasteiger charge is 2.08. The third-order valence-corrected chi connectivity index (χ3v) is 4.35. The second-order valence-electron chi connectivity index (χ2n) is 4.58. The number of thioether (sulfide) groups is 1. The number of hydrazone groups is 1. The molecule has 3 aromatic rings. The lowest BCUT2D eigenvalue weighted by molar-refractivity contribution is -0.118.